The summed E-state index contributed by atoms with van der Waals surface area (Å²) in [6, 6.07) is 4.39. The molecule has 0 fully saturated rings. The maximum Gasteiger partial charge on any atom is 0.308 e. The highest BCUT2D eigenvalue weighted by Gasteiger charge is 2.26. The van der Waals surface area contributed by atoms with Crippen molar-refractivity contribution in [2.45, 2.75) is 76.0 Å². The number of ether oxygens (including phenoxy) is 2. The van der Waals surface area contributed by atoms with Gasteiger partial charge in [-0.2, -0.15) is 0 Å². The predicted molar refractivity (Wildman–Crippen MR) is 133 cm³/mol. The van der Waals surface area contributed by atoms with E-state index >= 15 is 0 Å². The van der Waals surface area contributed by atoms with Crippen LogP contribution in [-0.2, 0) is 23.9 Å². The number of methoxy groups -OCH3 is 1. The van der Waals surface area contributed by atoms with Crippen LogP contribution in [0, 0.1) is 0 Å². The fourth-order valence-corrected chi connectivity index (χ4v) is 5.19. The number of anilines is 1. The number of benzene rings is 1. The first-order valence-electron chi connectivity index (χ1n) is 10.7. The first kappa shape index (κ1) is 27.1. The van der Waals surface area contributed by atoms with Gasteiger partial charge in [0.25, 0.3) is 0 Å². The molecule has 1 atom stereocenters. The van der Waals surface area contributed by atoms with Crippen molar-refractivity contribution in [1.82, 2.24) is 10.3 Å². The zero-order valence-corrected chi connectivity index (χ0v) is 21.9. The SMILES string of the molecule is COC(C)(C)CCSc1nc2ccc(NC(=O)C(CC(=O)OC(C)(C)C)NC(C)=O)cc2s1. The summed E-state index contributed by atoms with van der Waals surface area (Å²) >= 11 is 3.22. The summed E-state index contributed by atoms with van der Waals surface area (Å²) in [5.74, 6) is -0.577. The van der Waals surface area contributed by atoms with Crippen LogP contribution >= 0.6 is 23.1 Å². The molecule has 2 rings (SSSR count). The van der Waals surface area contributed by atoms with Gasteiger partial charge in [-0.05, 0) is 59.2 Å². The summed E-state index contributed by atoms with van der Waals surface area (Å²) in [7, 11) is 1.71. The fourth-order valence-electron chi connectivity index (χ4n) is 2.76. The molecule has 0 aliphatic carbocycles. The largest absolute Gasteiger partial charge is 0.460 e. The molecule has 0 aliphatic heterocycles. The third kappa shape index (κ3) is 9.30. The Morgan fingerprint density at radius 1 is 1.18 bits per heavy atom. The topological polar surface area (TPSA) is 107 Å². The number of hydrogen-bond acceptors (Lipinski definition) is 8. The second-order valence-electron chi connectivity index (χ2n) is 9.26. The minimum absolute atomic E-state index is 0.176. The van der Waals surface area contributed by atoms with Gasteiger partial charge in [-0.15, -0.1) is 11.3 Å². The van der Waals surface area contributed by atoms with Crippen molar-refractivity contribution in [1.29, 1.82) is 0 Å². The molecule has 2 N–H and O–H groups in total. The molecule has 0 spiro atoms. The predicted octanol–water partition coefficient (Wildman–Crippen LogP) is 4.38. The van der Waals surface area contributed by atoms with E-state index in [1.54, 1.807) is 57.0 Å². The number of thiazole rings is 1. The van der Waals surface area contributed by atoms with Crippen molar-refractivity contribution in [3.8, 4) is 0 Å². The average Bonchev–Trinajstić information content (AvgIpc) is 3.07. The lowest BCUT2D eigenvalue weighted by Crippen LogP contribution is -2.45. The molecule has 1 unspecified atom stereocenters. The standard InChI is InChI=1S/C23H33N3O5S2/c1-14(27)24-17(13-19(28)31-22(2,3)4)20(29)25-15-8-9-16-18(12-15)33-21(26-16)32-11-10-23(5,6)30-7/h8-9,12,17H,10-11,13H2,1-7H3,(H,24,27)(H,25,29). The quantitative estimate of drug-likeness (QED) is 0.372. The molecule has 10 heteroatoms. The highest BCUT2D eigenvalue weighted by Crippen LogP contribution is 2.32. The monoisotopic (exact) mass is 495 g/mol. The Hall–Kier alpha value is -2.17. The Balaban J connectivity index is 2.06. The molecule has 182 valence electrons. The van der Waals surface area contributed by atoms with Crippen LogP contribution in [0.15, 0.2) is 22.5 Å². The molecule has 1 aromatic carbocycles. The first-order chi connectivity index (χ1) is 15.3. The Bertz CT molecular complexity index is 998. The van der Waals surface area contributed by atoms with Crippen molar-refractivity contribution < 1.29 is 23.9 Å². The number of amides is 2. The Kier molecular flexibility index (Phi) is 9.28. The Morgan fingerprint density at radius 2 is 1.88 bits per heavy atom. The summed E-state index contributed by atoms with van der Waals surface area (Å²) in [5.41, 5.74) is 0.553. The molecule has 0 saturated carbocycles. The molecule has 1 aromatic heterocycles. The van der Waals surface area contributed by atoms with Crippen LogP contribution in [0.3, 0.4) is 0 Å². The lowest BCUT2D eigenvalue weighted by molar-refractivity contribution is -0.156. The number of carbonyl (C=O) groups is 3. The van der Waals surface area contributed by atoms with Gasteiger partial charge in [0.05, 0.1) is 22.2 Å². The molecule has 2 amide bonds. The summed E-state index contributed by atoms with van der Waals surface area (Å²) in [6.45, 7) is 10.6. The van der Waals surface area contributed by atoms with Crippen LogP contribution in [0.25, 0.3) is 10.2 Å². The van der Waals surface area contributed by atoms with Crippen LogP contribution in [0.5, 0.6) is 0 Å². The fraction of sp³-hybridized carbons (Fsp3) is 0.565. The number of esters is 1. The Morgan fingerprint density at radius 3 is 2.48 bits per heavy atom. The lowest BCUT2D eigenvalue weighted by Gasteiger charge is -2.22. The molecule has 2 aromatic rings. The van der Waals surface area contributed by atoms with Crippen molar-refractivity contribution in [3.63, 3.8) is 0 Å². The van der Waals surface area contributed by atoms with E-state index in [9.17, 15) is 14.4 Å². The number of carbonyl (C=O) groups excluding carboxylic acids is 3. The Labute approximate surface area is 203 Å². The van der Waals surface area contributed by atoms with Gasteiger partial charge in [0.1, 0.15) is 11.6 Å². The van der Waals surface area contributed by atoms with Gasteiger partial charge in [-0.25, -0.2) is 4.98 Å². The lowest BCUT2D eigenvalue weighted by atomic mass is 10.1. The molecule has 1 heterocycles. The van der Waals surface area contributed by atoms with E-state index in [0.29, 0.717) is 5.69 Å². The second kappa shape index (κ2) is 11.3. The number of rotatable bonds is 10. The van der Waals surface area contributed by atoms with Gasteiger partial charge in [-0.3, -0.25) is 14.4 Å². The zero-order chi connectivity index (χ0) is 24.8. The molecular weight excluding hydrogens is 462 g/mol. The molecule has 0 radical (unpaired) electrons. The van der Waals surface area contributed by atoms with Gasteiger partial charge in [0, 0.05) is 25.5 Å². The second-order valence-corrected chi connectivity index (χ2v) is 11.6. The third-order valence-corrected chi connectivity index (χ3v) is 6.77. The summed E-state index contributed by atoms with van der Waals surface area (Å²) in [5, 5.41) is 5.30. The molecule has 8 nitrogen and oxygen atoms in total. The number of aromatic nitrogens is 1. The summed E-state index contributed by atoms with van der Waals surface area (Å²) < 4.78 is 12.6. The minimum atomic E-state index is -1.04. The van der Waals surface area contributed by atoms with E-state index in [1.807, 2.05) is 12.1 Å². The summed E-state index contributed by atoms with van der Waals surface area (Å²) in [6.07, 6.45) is 0.637. The number of fused-ring (bicyclic) bond motifs is 1. The van der Waals surface area contributed by atoms with Crippen molar-refractivity contribution in [3.05, 3.63) is 18.2 Å². The molecular formula is C23H33N3O5S2. The van der Waals surface area contributed by atoms with E-state index in [2.05, 4.69) is 29.5 Å². The maximum atomic E-state index is 12.8. The normalized spacial score (nSPS) is 12.9. The van der Waals surface area contributed by atoms with Crippen LogP contribution in [0.1, 0.15) is 54.4 Å². The zero-order valence-electron chi connectivity index (χ0n) is 20.2. The van der Waals surface area contributed by atoms with Crippen molar-refractivity contribution in [2.24, 2.45) is 0 Å². The maximum absolute atomic E-state index is 12.8. The number of thioether (sulfide) groups is 1. The van der Waals surface area contributed by atoms with Crippen LogP contribution in [0.2, 0.25) is 0 Å². The van der Waals surface area contributed by atoms with Gasteiger partial charge >= 0.3 is 5.97 Å². The third-order valence-electron chi connectivity index (χ3n) is 4.60. The van der Waals surface area contributed by atoms with Crippen molar-refractivity contribution in [2.75, 3.05) is 18.2 Å². The number of nitrogens with one attached hydrogen (secondary N) is 2. The molecule has 0 bridgehead atoms. The molecule has 33 heavy (non-hydrogen) atoms. The molecule has 0 saturated heterocycles. The van der Waals surface area contributed by atoms with Crippen molar-refractivity contribution >= 4 is 56.8 Å². The van der Waals surface area contributed by atoms with Gasteiger partial charge in [0.15, 0.2) is 4.34 Å². The first-order valence-corrected chi connectivity index (χ1v) is 12.5. The van der Waals surface area contributed by atoms with Gasteiger partial charge in [0.2, 0.25) is 11.8 Å². The van der Waals surface area contributed by atoms with E-state index < -0.39 is 29.4 Å². The van der Waals surface area contributed by atoms with Crippen LogP contribution in [0.4, 0.5) is 5.69 Å². The van der Waals surface area contributed by atoms with E-state index in [1.165, 1.54) is 6.92 Å². The highest BCUT2D eigenvalue weighted by atomic mass is 32.2. The van der Waals surface area contributed by atoms with Crippen LogP contribution in [-0.4, -0.2) is 52.9 Å². The summed E-state index contributed by atoms with van der Waals surface area (Å²) in [4.78, 5) is 41.2. The highest BCUT2D eigenvalue weighted by molar-refractivity contribution is 8.01. The number of hydrogen-bond donors (Lipinski definition) is 2. The van der Waals surface area contributed by atoms with E-state index in [4.69, 9.17) is 9.47 Å². The van der Waals surface area contributed by atoms with E-state index in [0.717, 1.165) is 26.7 Å². The smallest absolute Gasteiger partial charge is 0.308 e. The van der Waals surface area contributed by atoms with E-state index in [-0.39, 0.29) is 12.0 Å². The average molecular weight is 496 g/mol. The van der Waals surface area contributed by atoms with Crippen LogP contribution < -0.4 is 10.6 Å². The number of nitrogens with zero attached hydrogens (tertiary/aromatic N) is 1. The minimum Gasteiger partial charge on any atom is -0.460 e. The van der Waals surface area contributed by atoms with Gasteiger partial charge < -0.3 is 20.1 Å². The van der Waals surface area contributed by atoms with Gasteiger partial charge in [-0.1, -0.05) is 11.8 Å². The molecule has 0 aliphatic rings.